The van der Waals surface area contributed by atoms with E-state index in [0.29, 0.717) is 0 Å². The molecule has 21 heavy (non-hydrogen) atoms. The summed E-state index contributed by atoms with van der Waals surface area (Å²) in [5.74, 6) is -2.60. The third-order valence-corrected chi connectivity index (χ3v) is 2.75. The van der Waals surface area contributed by atoms with Crippen LogP contribution in [0, 0.1) is 0 Å². The Bertz CT molecular complexity index is 466. The van der Waals surface area contributed by atoms with Gasteiger partial charge in [0.25, 0.3) is 0 Å². The molecule has 10 heteroatoms. The fourth-order valence-electron chi connectivity index (χ4n) is 1.70. The molecule has 0 spiro atoms. The first-order valence-corrected chi connectivity index (χ1v) is 5.98. The number of nitrogens with zero attached hydrogens (tertiary/aromatic N) is 5. The van der Waals surface area contributed by atoms with Crippen molar-refractivity contribution in [2.24, 2.45) is 5.11 Å². The van der Waals surface area contributed by atoms with Crippen molar-refractivity contribution in [3.63, 3.8) is 0 Å². The highest BCUT2D eigenvalue weighted by Gasteiger charge is 2.39. The minimum Gasteiger partial charge on any atom is -0.480 e. The zero-order valence-electron chi connectivity index (χ0n) is 12.3. The highest BCUT2D eigenvalue weighted by Crippen LogP contribution is 2.15. The second-order valence-electron chi connectivity index (χ2n) is 5.04. The third kappa shape index (κ3) is 5.67. The van der Waals surface area contributed by atoms with Gasteiger partial charge < -0.3 is 20.0 Å². The smallest absolute Gasteiger partial charge is 0.329 e. The highest BCUT2D eigenvalue weighted by molar-refractivity contribution is 5.88. The first kappa shape index (κ1) is 18.7. The lowest BCUT2D eigenvalue weighted by Gasteiger charge is -2.34. The lowest BCUT2D eigenvalue weighted by atomic mass is 9.97. The fourth-order valence-corrected chi connectivity index (χ4v) is 1.70. The lowest BCUT2D eigenvalue weighted by Crippen LogP contribution is -2.56. The first-order valence-electron chi connectivity index (χ1n) is 5.98. The molecule has 0 unspecified atom stereocenters. The molecule has 0 aliphatic carbocycles. The molecule has 0 aliphatic heterocycles. The van der Waals surface area contributed by atoms with Crippen LogP contribution in [0.15, 0.2) is 5.11 Å². The maximum atomic E-state index is 12.0. The zero-order valence-corrected chi connectivity index (χ0v) is 12.3. The van der Waals surface area contributed by atoms with Crippen LogP contribution in [0.1, 0.15) is 13.8 Å². The van der Waals surface area contributed by atoms with Crippen LogP contribution in [0.25, 0.3) is 10.4 Å². The number of hydrogen-bond donors (Lipinski definition) is 2. The minimum absolute atomic E-state index is 0.393. The topological polar surface area (TPSA) is 147 Å². The molecule has 0 aromatic rings. The largest absolute Gasteiger partial charge is 0.480 e. The van der Waals surface area contributed by atoms with Crippen molar-refractivity contribution in [3.8, 4) is 0 Å². The van der Waals surface area contributed by atoms with Gasteiger partial charge in [0.05, 0.1) is 12.1 Å². The lowest BCUT2D eigenvalue weighted by molar-refractivity contribution is -0.159. The second kappa shape index (κ2) is 7.46. The second-order valence-corrected chi connectivity index (χ2v) is 5.04. The number of likely N-dealkylation sites (N-methyl/N-ethyl adjacent to an activating group) is 2. The van der Waals surface area contributed by atoms with E-state index in [2.05, 4.69) is 10.0 Å². The van der Waals surface area contributed by atoms with Crippen LogP contribution in [0.4, 0.5) is 0 Å². The van der Waals surface area contributed by atoms with E-state index in [1.54, 1.807) is 0 Å². The summed E-state index contributed by atoms with van der Waals surface area (Å²) in [6, 6.07) is -1.45. The van der Waals surface area contributed by atoms with Crippen molar-refractivity contribution in [2.75, 3.05) is 27.2 Å². The summed E-state index contributed by atoms with van der Waals surface area (Å²) in [6.45, 7) is 1.71. The van der Waals surface area contributed by atoms with Gasteiger partial charge in [0.15, 0.2) is 6.04 Å². The Hall–Kier alpha value is -2.32. The standard InChI is InChI=1S/C11H19N5O5/c1-11(2,21)9(10(19)20)16(4)8(18)6-15(3)7(17)5-13-14-12/h9,21H,5-6H2,1-4H3,(H,19,20)/t9-/m1/s1. The van der Waals surface area contributed by atoms with E-state index in [0.717, 1.165) is 9.80 Å². The highest BCUT2D eigenvalue weighted by atomic mass is 16.4. The van der Waals surface area contributed by atoms with Crippen LogP contribution < -0.4 is 0 Å². The van der Waals surface area contributed by atoms with Crippen molar-refractivity contribution in [3.05, 3.63) is 10.4 Å². The Kier molecular flexibility index (Phi) is 6.64. The molecule has 10 nitrogen and oxygen atoms in total. The molecule has 2 amide bonds. The Labute approximate surface area is 121 Å². The van der Waals surface area contributed by atoms with Crippen LogP contribution in [-0.4, -0.2) is 76.6 Å². The van der Waals surface area contributed by atoms with Crippen LogP contribution >= 0.6 is 0 Å². The van der Waals surface area contributed by atoms with Gasteiger partial charge in [-0.25, -0.2) is 4.79 Å². The van der Waals surface area contributed by atoms with Crippen LogP contribution in [0.5, 0.6) is 0 Å². The van der Waals surface area contributed by atoms with Gasteiger partial charge in [0.1, 0.15) is 6.54 Å². The maximum Gasteiger partial charge on any atom is 0.329 e. The van der Waals surface area contributed by atoms with Crippen molar-refractivity contribution < 1.29 is 24.6 Å². The molecule has 118 valence electrons. The van der Waals surface area contributed by atoms with Crippen LogP contribution in [-0.2, 0) is 14.4 Å². The molecule has 0 bridgehead atoms. The number of carboxylic acids is 1. The molecule has 0 rings (SSSR count). The molecule has 1 atom stereocenters. The van der Waals surface area contributed by atoms with Gasteiger partial charge >= 0.3 is 5.97 Å². The number of carbonyl (C=O) groups excluding carboxylic acids is 2. The van der Waals surface area contributed by atoms with Crippen LogP contribution in [0.3, 0.4) is 0 Å². The number of aliphatic carboxylic acids is 1. The summed E-state index contributed by atoms with van der Waals surface area (Å²) in [7, 11) is 2.55. The SMILES string of the molecule is CN(CC(=O)N(C)[C@H](C(=O)O)C(C)(C)O)C(=O)CN=[N+]=[N-]. The Morgan fingerprint density at radius 1 is 1.29 bits per heavy atom. The number of hydrogen-bond acceptors (Lipinski definition) is 5. The summed E-state index contributed by atoms with van der Waals surface area (Å²) in [5, 5.41) is 22.0. The number of carbonyl (C=O) groups is 3. The van der Waals surface area contributed by atoms with Gasteiger partial charge in [0, 0.05) is 19.0 Å². The van der Waals surface area contributed by atoms with Gasteiger partial charge in [-0.15, -0.1) is 0 Å². The predicted octanol–water partition coefficient (Wildman–Crippen LogP) is -0.562. The molecule has 0 radical (unpaired) electrons. The van der Waals surface area contributed by atoms with Crippen molar-refractivity contribution in [1.82, 2.24) is 9.80 Å². The number of aliphatic hydroxyl groups is 1. The van der Waals surface area contributed by atoms with E-state index in [1.807, 2.05) is 0 Å². The summed E-state index contributed by atoms with van der Waals surface area (Å²) in [5.41, 5.74) is 6.46. The zero-order chi connectivity index (χ0) is 16.8. The first-order chi connectivity index (χ1) is 9.52. The third-order valence-electron chi connectivity index (χ3n) is 2.75. The molecule has 2 N–H and O–H groups in total. The summed E-state index contributed by atoms with van der Waals surface area (Å²) in [4.78, 5) is 38.9. The number of rotatable bonds is 7. The Morgan fingerprint density at radius 2 is 1.81 bits per heavy atom. The fraction of sp³-hybridized carbons (Fsp3) is 0.727. The van der Waals surface area contributed by atoms with Gasteiger partial charge in [-0.05, 0) is 19.4 Å². The summed E-state index contributed by atoms with van der Waals surface area (Å²) >= 11 is 0. The predicted molar refractivity (Wildman–Crippen MR) is 72.1 cm³/mol. The van der Waals surface area contributed by atoms with Gasteiger partial charge in [-0.3, -0.25) is 9.59 Å². The van der Waals surface area contributed by atoms with Gasteiger partial charge in [0.2, 0.25) is 11.8 Å². The van der Waals surface area contributed by atoms with E-state index in [-0.39, 0.29) is 0 Å². The number of carboxylic acid groups (broad SMARTS) is 1. The van der Waals surface area contributed by atoms with E-state index in [9.17, 15) is 19.5 Å². The van der Waals surface area contributed by atoms with Crippen molar-refractivity contribution >= 4 is 17.8 Å². The van der Waals surface area contributed by atoms with E-state index < -0.39 is 42.5 Å². The van der Waals surface area contributed by atoms with E-state index >= 15 is 0 Å². The normalized spacial score (nSPS) is 12.0. The van der Waals surface area contributed by atoms with Gasteiger partial charge in [-0.2, -0.15) is 0 Å². The Balaban J connectivity index is 4.88. The average molecular weight is 301 g/mol. The van der Waals surface area contributed by atoms with Crippen molar-refractivity contribution in [1.29, 1.82) is 0 Å². The minimum atomic E-state index is -1.65. The summed E-state index contributed by atoms with van der Waals surface area (Å²) in [6.07, 6.45) is 0. The molecular weight excluding hydrogens is 282 g/mol. The molecule has 0 heterocycles. The quantitative estimate of drug-likeness (QED) is 0.367. The monoisotopic (exact) mass is 301 g/mol. The van der Waals surface area contributed by atoms with Crippen LogP contribution in [0.2, 0.25) is 0 Å². The number of amides is 2. The van der Waals surface area contributed by atoms with Crippen molar-refractivity contribution in [2.45, 2.75) is 25.5 Å². The molecule has 0 saturated carbocycles. The average Bonchev–Trinajstić information content (AvgIpc) is 2.33. The number of azide groups is 1. The van der Waals surface area contributed by atoms with Gasteiger partial charge in [-0.1, -0.05) is 5.11 Å². The molecule has 0 aliphatic rings. The summed E-state index contributed by atoms with van der Waals surface area (Å²) < 4.78 is 0. The van der Waals surface area contributed by atoms with E-state index in [1.165, 1.54) is 27.9 Å². The molecule has 0 aromatic heterocycles. The maximum absolute atomic E-state index is 12.0. The molecule has 0 fully saturated rings. The molecule has 0 saturated heterocycles. The van der Waals surface area contributed by atoms with E-state index in [4.69, 9.17) is 10.6 Å². The molecular formula is C11H19N5O5. The Morgan fingerprint density at radius 3 is 2.19 bits per heavy atom. The molecule has 0 aromatic carbocycles.